The van der Waals surface area contributed by atoms with Crippen LogP contribution in [0.15, 0.2) is 42.9 Å². The zero-order valence-electron chi connectivity index (χ0n) is 13.4. The van der Waals surface area contributed by atoms with Crippen molar-refractivity contribution in [3.05, 3.63) is 59.8 Å². The van der Waals surface area contributed by atoms with Crippen LogP contribution in [0.2, 0.25) is 0 Å². The minimum atomic E-state index is -0.0244. The van der Waals surface area contributed by atoms with E-state index in [2.05, 4.69) is 15.4 Å². The molecule has 2 aromatic heterocycles. The number of carbonyl (C=O) groups excluding carboxylic acids is 1. The van der Waals surface area contributed by atoms with Crippen molar-refractivity contribution >= 4 is 23.5 Å². The molecule has 4 rings (SSSR count). The smallest absolute Gasteiger partial charge is 0.235 e. The van der Waals surface area contributed by atoms with Gasteiger partial charge in [-0.25, -0.2) is 4.98 Å². The molecule has 1 aromatic carbocycles. The fourth-order valence-electron chi connectivity index (χ4n) is 2.92. The van der Waals surface area contributed by atoms with E-state index in [1.54, 1.807) is 18.1 Å². The number of para-hydroxylation sites is 1. The molecule has 0 bridgehead atoms. The molecule has 0 saturated heterocycles. The zero-order valence-corrected chi connectivity index (χ0v) is 14.2. The molecule has 3 heterocycles. The number of anilines is 1. The van der Waals surface area contributed by atoms with Crippen LogP contribution in [0.5, 0.6) is 0 Å². The monoisotopic (exact) mass is 339 g/mol. The summed E-state index contributed by atoms with van der Waals surface area (Å²) >= 11 is 1.60. The average Bonchev–Trinajstić information content (AvgIpc) is 3.10. The fraction of sp³-hybridized carbons (Fsp3) is 0.235. The van der Waals surface area contributed by atoms with Gasteiger partial charge in [0, 0.05) is 24.0 Å². The van der Waals surface area contributed by atoms with Gasteiger partial charge in [0.15, 0.2) is 5.82 Å². The largest absolute Gasteiger partial charge is 0.308 e. The standard InChI is InChI=1S/C17H17N5OS/c1-11-13(8-19-21(11)2)16-15-17(20-14(23)9-24-16)18-10-22(15)12-6-4-3-5-7-12/h3-8,10,16H,9H2,1-2H3,(H,20,23)/t16-/m1/s1. The third kappa shape index (κ3) is 2.41. The van der Waals surface area contributed by atoms with Crippen molar-refractivity contribution in [3.63, 3.8) is 0 Å². The van der Waals surface area contributed by atoms with E-state index in [1.807, 2.05) is 59.7 Å². The lowest BCUT2D eigenvalue weighted by Crippen LogP contribution is -2.12. The van der Waals surface area contributed by atoms with Crippen LogP contribution in [-0.2, 0) is 11.8 Å². The first-order valence-electron chi connectivity index (χ1n) is 7.68. The fourth-order valence-corrected chi connectivity index (χ4v) is 4.10. The number of nitrogens with one attached hydrogen (secondary N) is 1. The second-order valence-electron chi connectivity index (χ2n) is 5.73. The molecule has 0 unspecified atom stereocenters. The Hall–Kier alpha value is -2.54. The summed E-state index contributed by atoms with van der Waals surface area (Å²) in [4.78, 5) is 16.5. The van der Waals surface area contributed by atoms with Gasteiger partial charge in [-0.15, -0.1) is 11.8 Å². The normalized spacial score (nSPS) is 17.2. The molecule has 0 fully saturated rings. The van der Waals surface area contributed by atoms with Crippen LogP contribution >= 0.6 is 11.8 Å². The molecular weight excluding hydrogens is 322 g/mol. The van der Waals surface area contributed by atoms with Crippen molar-refractivity contribution in [1.82, 2.24) is 19.3 Å². The molecule has 7 heteroatoms. The maximum atomic E-state index is 12.1. The van der Waals surface area contributed by atoms with Crippen LogP contribution < -0.4 is 5.32 Å². The third-order valence-corrected chi connectivity index (χ3v) is 5.52. The number of rotatable bonds is 2. The Kier molecular flexibility index (Phi) is 3.65. The second kappa shape index (κ2) is 5.83. The van der Waals surface area contributed by atoms with E-state index < -0.39 is 0 Å². The van der Waals surface area contributed by atoms with Gasteiger partial charge in [-0.05, 0) is 19.1 Å². The van der Waals surface area contributed by atoms with E-state index in [1.165, 1.54) is 0 Å². The number of nitrogens with zero attached hydrogens (tertiary/aromatic N) is 4. The molecule has 1 aliphatic heterocycles. The maximum Gasteiger partial charge on any atom is 0.235 e. The van der Waals surface area contributed by atoms with Crippen LogP contribution in [0.1, 0.15) is 22.2 Å². The van der Waals surface area contributed by atoms with E-state index in [0.717, 1.165) is 22.6 Å². The Morgan fingerprint density at radius 3 is 2.79 bits per heavy atom. The Morgan fingerprint density at radius 1 is 1.29 bits per heavy atom. The molecule has 0 spiro atoms. The summed E-state index contributed by atoms with van der Waals surface area (Å²) in [5.74, 6) is 0.996. The highest BCUT2D eigenvalue weighted by molar-refractivity contribution is 8.00. The summed E-state index contributed by atoms with van der Waals surface area (Å²) in [7, 11) is 1.93. The van der Waals surface area contributed by atoms with Gasteiger partial charge in [-0.1, -0.05) is 18.2 Å². The average molecular weight is 339 g/mol. The number of benzene rings is 1. The van der Waals surface area contributed by atoms with Gasteiger partial charge in [0.25, 0.3) is 0 Å². The number of imidazole rings is 1. The molecule has 1 atom stereocenters. The van der Waals surface area contributed by atoms with E-state index >= 15 is 0 Å². The first-order valence-corrected chi connectivity index (χ1v) is 8.72. The van der Waals surface area contributed by atoms with Gasteiger partial charge < -0.3 is 5.32 Å². The lowest BCUT2D eigenvalue weighted by Gasteiger charge is -2.17. The Labute approximate surface area is 143 Å². The summed E-state index contributed by atoms with van der Waals surface area (Å²) in [6.07, 6.45) is 3.65. The first kappa shape index (κ1) is 15.0. The van der Waals surface area contributed by atoms with E-state index in [0.29, 0.717) is 11.6 Å². The molecule has 1 N–H and O–H groups in total. The number of hydrogen-bond donors (Lipinski definition) is 1. The number of aryl methyl sites for hydroxylation is 1. The molecule has 3 aromatic rings. The van der Waals surface area contributed by atoms with E-state index in [-0.39, 0.29) is 11.2 Å². The van der Waals surface area contributed by atoms with E-state index in [9.17, 15) is 4.79 Å². The van der Waals surface area contributed by atoms with Gasteiger partial charge in [0.1, 0.15) is 6.33 Å². The minimum Gasteiger partial charge on any atom is -0.308 e. The quantitative estimate of drug-likeness (QED) is 0.780. The molecule has 1 aliphatic rings. The second-order valence-corrected chi connectivity index (χ2v) is 6.83. The van der Waals surface area contributed by atoms with Gasteiger partial charge >= 0.3 is 0 Å². The summed E-state index contributed by atoms with van der Waals surface area (Å²) in [5, 5.41) is 7.28. The van der Waals surface area contributed by atoms with Crippen molar-refractivity contribution in [1.29, 1.82) is 0 Å². The number of hydrogen-bond acceptors (Lipinski definition) is 4. The zero-order chi connectivity index (χ0) is 16.7. The van der Waals surface area contributed by atoms with Crippen molar-refractivity contribution in [3.8, 4) is 5.69 Å². The van der Waals surface area contributed by atoms with Gasteiger partial charge in [0.05, 0.1) is 22.9 Å². The highest BCUT2D eigenvalue weighted by Crippen LogP contribution is 2.42. The molecular formula is C17H17N5OS. The van der Waals surface area contributed by atoms with Crippen molar-refractivity contribution in [2.75, 3.05) is 11.1 Å². The predicted octanol–water partition coefficient (Wildman–Crippen LogP) is 2.69. The Morgan fingerprint density at radius 2 is 2.08 bits per heavy atom. The van der Waals surface area contributed by atoms with Crippen LogP contribution in [0.3, 0.4) is 0 Å². The molecule has 1 amide bonds. The highest BCUT2D eigenvalue weighted by Gasteiger charge is 2.31. The van der Waals surface area contributed by atoms with Crippen LogP contribution in [0.25, 0.3) is 5.69 Å². The molecule has 0 radical (unpaired) electrons. The first-order chi connectivity index (χ1) is 11.6. The molecule has 0 aliphatic carbocycles. The Bertz CT molecular complexity index is 899. The van der Waals surface area contributed by atoms with Crippen molar-refractivity contribution < 1.29 is 4.79 Å². The van der Waals surface area contributed by atoms with Gasteiger partial charge in [0.2, 0.25) is 5.91 Å². The molecule has 24 heavy (non-hydrogen) atoms. The number of thioether (sulfide) groups is 1. The molecule has 0 saturated carbocycles. The highest BCUT2D eigenvalue weighted by atomic mass is 32.2. The summed E-state index contributed by atoms with van der Waals surface area (Å²) in [6, 6.07) is 10.0. The SMILES string of the molecule is Cc1c([C@H]2SCC(=O)Nc3ncn(-c4ccccc4)c32)cnn1C. The van der Waals surface area contributed by atoms with Crippen LogP contribution in [0, 0.1) is 6.92 Å². The topological polar surface area (TPSA) is 64.7 Å². The van der Waals surface area contributed by atoms with Crippen LogP contribution in [-0.4, -0.2) is 31.0 Å². The summed E-state index contributed by atoms with van der Waals surface area (Å²) in [6.45, 7) is 2.05. The summed E-state index contributed by atoms with van der Waals surface area (Å²) in [5.41, 5.74) is 4.20. The van der Waals surface area contributed by atoms with Crippen molar-refractivity contribution in [2.24, 2.45) is 7.05 Å². The Balaban J connectivity index is 1.91. The minimum absolute atomic E-state index is 0.00430. The van der Waals surface area contributed by atoms with Gasteiger partial charge in [-0.3, -0.25) is 14.0 Å². The molecule has 6 nitrogen and oxygen atoms in total. The van der Waals surface area contributed by atoms with Crippen LogP contribution in [0.4, 0.5) is 5.82 Å². The number of amides is 1. The lowest BCUT2D eigenvalue weighted by atomic mass is 10.1. The molecule has 122 valence electrons. The number of aromatic nitrogens is 4. The summed E-state index contributed by atoms with van der Waals surface area (Å²) < 4.78 is 3.91. The predicted molar refractivity (Wildman–Crippen MR) is 94.4 cm³/mol. The number of carbonyl (C=O) groups is 1. The lowest BCUT2D eigenvalue weighted by molar-refractivity contribution is -0.113. The maximum absolute atomic E-state index is 12.1. The van der Waals surface area contributed by atoms with E-state index in [4.69, 9.17) is 0 Å². The van der Waals surface area contributed by atoms with Crippen molar-refractivity contribution in [2.45, 2.75) is 12.2 Å². The number of fused-ring (bicyclic) bond motifs is 1. The van der Waals surface area contributed by atoms with Gasteiger partial charge in [-0.2, -0.15) is 5.10 Å². The third-order valence-electron chi connectivity index (χ3n) is 4.28.